The Kier molecular flexibility index (Phi) is 6.08. The third-order valence-electron chi connectivity index (χ3n) is 8.00. The number of benzene rings is 1. The summed E-state index contributed by atoms with van der Waals surface area (Å²) >= 11 is 6.86. The Hall–Kier alpha value is -3.21. The van der Waals surface area contributed by atoms with Crippen LogP contribution < -0.4 is 9.64 Å². The van der Waals surface area contributed by atoms with Crippen molar-refractivity contribution in [2.75, 3.05) is 51.3 Å². The van der Waals surface area contributed by atoms with Gasteiger partial charge in [-0.25, -0.2) is 9.37 Å². The van der Waals surface area contributed by atoms with E-state index in [9.17, 15) is 14.7 Å². The van der Waals surface area contributed by atoms with Crippen molar-refractivity contribution in [2.24, 2.45) is 0 Å². The smallest absolute Gasteiger partial charge is 0.246 e. The van der Waals surface area contributed by atoms with Crippen LogP contribution in [0.25, 0.3) is 11.3 Å². The Labute approximate surface area is 225 Å². The van der Waals surface area contributed by atoms with E-state index in [4.69, 9.17) is 21.3 Å². The lowest BCUT2D eigenvalue weighted by molar-refractivity contribution is -0.129. The normalized spacial score (nSPS) is 22.9. The predicted octanol–water partition coefficient (Wildman–Crippen LogP) is 2.65. The van der Waals surface area contributed by atoms with Crippen LogP contribution in [0.5, 0.6) is 11.5 Å². The van der Waals surface area contributed by atoms with Gasteiger partial charge in [-0.2, -0.15) is 0 Å². The number of likely N-dealkylation sites (N-methyl/N-ethyl adjacent to an activating group) is 1. The zero-order chi connectivity index (χ0) is 26.8. The van der Waals surface area contributed by atoms with Gasteiger partial charge in [-0.15, -0.1) is 0 Å². The molecule has 1 atom stereocenters. The Balaban J connectivity index is 1.50. The highest BCUT2D eigenvalue weighted by Gasteiger charge is 2.55. The molecular weight excluding hydrogens is 513 g/mol. The lowest BCUT2D eigenvalue weighted by Crippen LogP contribution is -2.58. The standard InChI is InChI=1S/C27H29ClFN5O4/c1-3-20(36)33-10-9-32-12-17-25(38-14-16(32)11-33)23(28)24(22-18(29)5-4-6-19(22)35)30-26(17)34-21(37)13-31(2)15-27(34)7-8-27/h3-6,16,35H,1,7-15H2,2H3. The minimum Gasteiger partial charge on any atom is -0.507 e. The summed E-state index contributed by atoms with van der Waals surface area (Å²) in [6.45, 7) is 6.75. The van der Waals surface area contributed by atoms with Gasteiger partial charge in [0.2, 0.25) is 11.8 Å². The van der Waals surface area contributed by atoms with E-state index in [0.29, 0.717) is 49.9 Å². The first-order chi connectivity index (χ1) is 18.2. The quantitative estimate of drug-likeness (QED) is 0.598. The van der Waals surface area contributed by atoms with Crippen molar-refractivity contribution in [3.8, 4) is 22.8 Å². The van der Waals surface area contributed by atoms with E-state index < -0.39 is 11.4 Å². The van der Waals surface area contributed by atoms with Crippen LogP contribution in [0.15, 0.2) is 30.9 Å². The maximum atomic E-state index is 15.0. The van der Waals surface area contributed by atoms with E-state index in [2.05, 4.69) is 11.5 Å². The van der Waals surface area contributed by atoms with Gasteiger partial charge in [-0.1, -0.05) is 24.2 Å². The van der Waals surface area contributed by atoms with E-state index in [1.165, 1.54) is 24.3 Å². The van der Waals surface area contributed by atoms with Gasteiger partial charge in [-0.05, 0) is 38.1 Å². The molecule has 1 spiro atoms. The van der Waals surface area contributed by atoms with Crippen LogP contribution in [0.4, 0.5) is 10.2 Å². The predicted molar refractivity (Wildman–Crippen MR) is 140 cm³/mol. The lowest BCUT2D eigenvalue weighted by Gasteiger charge is -2.41. The molecule has 38 heavy (non-hydrogen) atoms. The van der Waals surface area contributed by atoms with Crippen molar-refractivity contribution in [3.63, 3.8) is 0 Å². The summed E-state index contributed by atoms with van der Waals surface area (Å²) < 4.78 is 21.3. The molecule has 2 amide bonds. The Morgan fingerprint density at radius 2 is 2.11 bits per heavy atom. The first-order valence-corrected chi connectivity index (χ1v) is 13.1. The molecule has 6 rings (SSSR count). The molecule has 1 aromatic carbocycles. The van der Waals surface area contributed by atoms with Crippen LogP contribution >= 0.6 is 11.6 Å². The summed E-state index contributed by atoms with van der Waals surface area (Å²) in [5.74, 6) is -0.501. The molecule has 0 bridgehead atoms. The third-order valence-corrected chi connectivity index (χ3v) is 8.35. The summed E-state index contributed by atoms with van der Waals surface area (Å²) in [7, 11) is 1.92. The molecule has 0 radical (unpaired) electrons. The highest BCUT2D eigenvalue weighted by molar-refractivity contribution is 6.35. The number of halogens is 2. The Morgan fingerprint density at radius 3 is 2.82 bits per heavy atom. The molecule has 3 aliphatic heterocycles. The molecule has 3 fully saturated rings. The number of carbonyl (C=O) groups excluding carboxylic acids is 2. The van der Waals surface area contributed by atoms with Crippen molar-refractivity contribution in [1.82, 2.24) is 19.7 Å². The second-order valence-electron chi connectivity index (χ2n) is 10.6. The van der Waals surface area contributed by atoms with Gasteiger partial charge in [0.05, 0.1) is 29.3 Å². The van der Waals surface area contributed by atoms with E-state index in [1.54, 1.807) is 9.80 Å². The fourth-order valence-corrected chi connectivity index (χ4v) is 6.30. The number of anilines is 1. The van der Waals surface area contributed by atoms with Crippen LogP contribution in [-0.2, 0) is 16.1 Å². The number of piperazine rings is 2. The topological polar surface area (TPSA) is 89.5 Å². The van der Waals surface area contributed by atoms with Crippen molar-refractivity contribution >= 4 is 29.2 Å². The molecule has 2 saturated heterocycles. The van der Waals surface area contributed by atoms with E-state index in [0.717, 1.165) is 12.8 Å². The monoisotopic (exact) mass is 541 g/mol. The van der Waals surface area contributed by atoms with Crippen LogP contribution in [0.1, 0.15) is 18.4 Å². The number of aromatic nitrogens is 1. The third kappa shape index (κ3) is 4.02. The maximum Gasteiger partial charge on any atom is 0.246 e. The number of phenolic OH excluding ortho intramolecular Hbond substituents is 1. The van der Waals surface area contributed by atoms with Gasteiger partial charge in [0, 0.05) is 32.7 Å². The molecule has 4 aliphatic rings. The summed E-state index contributed by atoms with van der Waals surface area (Å²) in [6.07, 6.45) is 2.96. The fourth-order valence-electron chi connectivity index (χ4n) is 5.99. The van der Waals surface area contributed by atoms with Crippen molar-refractivity contribution in [1.29, 1.82) is 0 Å². The molecule has 1 unspecified atom stereocenters. The minimum absolute atomic E-state index is 0.0295. The SMILES string of the molecule is C=CC(=O)N1CCN2Cc3c(N4C(=O)CN(C)CC45CC5)nc(-c4c(O)cccc4F)c(Cl)c3OCC2C1. The van der Waals surface area contributed by atoms with Crippen molar-refractivity contribution < 1.29 is 23.8 Å². The number of nitrogens with zero attached hydrogens (tertiary/aromatic N) is 5. The molecule has 4 heterocycles. The van der Waals surface area contributed by atoms with Gasteiger partial charge < -0.3 is 14.7 Å². The molecule has 2 aromatic rings. The molecule has 1 N–H and O–H groups in total. The summed E-state index contributed by atoms with van der Waals surface area (Å²) in [6, 6.07) is 3.89. The van der Waals surface area contributed by atoms with Gasteiger partial charge in [0.25, 0.3) is 0 Å². The number of pyridine rings is 1. The molecule has 1 aliphatic carbocycles. The zero-order valence-electron chi connectivity index (χ0n) is 21.1. The minimum atomic E-state index is -0.680. The fraction of sp³-hybridized carbons (Fsp3) is 0.444. The van der Waals surface area contributed by atoms with Crippen LogP contribution in [0, 0.1) is 5.82 Å². The highest BCUT2D eigenvalue weighted by Crippen LogP contribution is 2.51. The van der Waals surface area contributed by atoms with Gasteiger partial charge in [0.15, 0.2) is 0 Å². The number of ether oxygens (including phenoxy) is 1. The highest BCUT2D eigenvalue weighted by atomic mass is 35.5. The van der Waals surface area contributed by atoms with Gasteiger partial charge in [-0.3, -0.25) is 24.3 Å². The van der Waals surface area contributed by atoms with Crippen LogP contribution in [-0.4, -0.2) is 94.6 Å². The molecular formula is C27H29ClFN5O4. The number of hydrogen-bond donors (Lipinski definition) is 1. The molecule has 9 nitrogen and oxygen atoms in total. The van der Waals surface area contributed by atoms with Gasteiger partial charge >= 0.3 is 0 Å². The zero-order valence-corrected chi connectivity index (χ0v) is 21.9. The number of hydrogen-bond acceptors (Lipinski definition) is 7. The van der Waals surface area contributed by atoms with Crippen LogP contribution in [0.3, 0.4) is 0 Å². The summed E-state index contributed by atoms with van der Waals surface area (Å²) in [5, 5.41) is 10.7. The number of carbonyl (C=O) groups is 2. The molecule has 11 heteroatoms. The molecule has 1 aromatic heterocycles. The number of amides is 2. The van der Waals surface area contributed by atoms with Crippen molar-refractivity contribution in [2.45, 2.75) is 31.0 Å². The first-order valence-electron chi connectivity index (χ1n) is 12.7. The second-order valence-corrected chi connectivity index (χ2v) is 11.0. The number of aromatic hydroxyl groups is 1. The van der Waals surface area contributed by atoms with Crippen molar-refractivity contribution in [3.05, 3.63) is 47.3 Å². The molecule has 200 valence electrons. The first kappa shape index (κ1) is 25.1. The second kappa shape index (κ2) is 9.21. The largest absolute Gasteiger partial charge is 0.507 e. The van der Waals surface area contributed by atoms with Crippen LogP contribution in [0.2, 0.25) is 5.02 Å². The van der Waals surface area contributed by atoms with E-state index >= 15 is 4.39 Å². The van der Waals surface area contributed by atoms with E-state index in [-0.39, 0.29) is 53.0 Å². The maximum absolute atomic E-state index is 15.0. The average Bonchev–Trinajstić information content (AvgIpc) is 3.66. The Morgan fingerprint density at radius 1 is 1.32 bits per heavy atom. The number of fused-ring (bicyclic) bond motifs is 2. The molecule has 1 saturated carbocycles. The van der Waals surface area contributed by atoms with Gasteiger partial charge in [0.1, 0.15) is 40.5 Å². The number of phenols is 1. The Bertz CT molecular complexity index is 1330. The lowest BCUT2D eigenvalue weighted by atomic mass is 10.0. The number of rotatable bonds is 3. The summed E-state index contributed by atoms with van der Waals surface area (Å²) in [5.41, 5.74) is 0.154. The average molecular weight is 542 g/mol. The summed E-state index contributed by atoms with van der Waals surface area (Å²) in [4.78, 5) is 38.3. The van der Waals surface area contributed by atoms with E-state index in [1.807, 2.05) is 11.9 Å².